The molecular weight excluding hydrogens is 399 g/mol. The van der Waals surface area contributed by atoms with Gasteiger partial charge in [-0.3, -0.25) is 0 Å². The van der Waals surface area contributed by atoms with Crippen LogP contribution in [0.5, 0.6) is 0 Å². The lowest BCUT2D eigenvalue weighted by Crippen LogP contribution is -3.02. The first-order valence-corrected chi connectivity index (χ1v) is 10.6. The Morgan fingerprint density at radius 3 is 1.12 bits per heavy atom. The van der Waals surface area contributed by atoms with E-state index < -0.39 is 7.32 Å². The number of rotatable bonds is 5. The Kier molecular flexibility index (Phi) is 12.7. The van der Waals surface area contributed by atoms with Crippen LogP contribution >= 0.6 is 0 Å². The molecule has 0 spiro atoms. The van der Waals surface area contributed by atoms with Crippen molar-refractivity contribution in [2.75, 3.05) is 42.3 Å². The predicted octanol–water partition coefficient (Wildman–Crippen LogP) is -0.153. The largest absolute Gasteiger partial charge is 0.860 e. The van der Waals surface area contributed by atoms with Crippen molar-refractivity contribution < 1.29 is 24.5 Å². The summed E-state index contributed by atoms with van der Waals surface area (Å²) in [6.07, 6.45) is 0. The molecule has 0 aliphatic rings. The SMILES string of the molecule is C[NH+](C)C.C[NH+](C)C.[O-]B([O-])OC(=C(c1ccccc1)c1ccccc1)c1ccccc1. The van der Waals surface area contributed by atoms with Gasteiger partial charge in [-0.1, -0.05) is 91.0 Å². The molecule has 3 aromatic carbocycles. The molecule has 0 fully saturated rings. The highest BCUT2D eigenvalue weighted by atomic mass is 16.6. The van der Waals surface area contributed by atoms with Gasteiger partial charge in [0.2, 0.25) is 0 Å². The minimum Gasteiger partial charge on any atom is -0.860 e. The number of hydrogen-bond acceptors (Lipinski definition) is 3. The van der Waals surface area contributed by atoms with Crippen LogP contribution in [0.4, 0.5) is 0 Å². The number of nitrogens with one attached hydrogen (secondary N) is 2. The number of quaternary nitrogens is 2. The van der Waals surface area contributed by atoms with Crippen molar-refractivity contribution in [3.8, 4) is 0 Å². The molecule has 32 heavy (non-hydrogen) atoms. The molecular formula is C26H35BN2O3. The van der Waals surface area contributed by atoms with Crippen molar-refractivity contribution in [3.63, 3.8) is 0 Å². The summed E-state index contributed by atoms with van der Waals surface area (Å²) in [7, 11) is 10.1. The van der Waals surface area contributed by atoms with Crippen molar-refractivity contribution in [2.45, 2.75) is 0 Å². The zero-order valence-corrected chi connectivity index (χ0v) is 20.0. The Balaban J connectivity index is 0.000000554. The van der Waals surface area contributed by atoms with Crippen LogP contribution in [0.15, 0.2) is 91.0 Å². The van der Waals surface area contributed by atoms with Gasteiger partial charge in [-0.25, -0.2) is 0 Å². The van der Waals surface area contributed by atoms with Gasteiger partial charge in [0.15, 0.2) is 0 Å². The molecule has 0 bridgehead atoms. The van der Waals surface area contributed by atoms with Gasteiger partial charge in [0.25, 0.3) is 0 Å². The third kappa shape index (κ3) is 10.9. The fourth-order valence-electron chi connectivity index (χ4n) is 2.60. The summed E-state index contributed by atoms with van der Waals surface area (Å²) in [5.74, 6) is 0.294. The molecule has 0 aliphatic heterocycles. The molecule has 0 aromatic heterocycles. The van der Waals surface area contributed by atoms with E-state index in [2.05, 4.69) is 42.3 Å². The van der Waals surface area contributed by atoms with E-state index in [-0.39, 0.29) is 0 Å². The lowest BCUT2D eigenvalue weighted by atomic mass is 9.93. The first-order chi connectivity index (χ1) is 15.2. The van der Waals surface area contributed by atoms with Gasteiger partial charge in [0, 0.05) is 11.1 Å². The summed E-state index contributed by atoms with van der Waals surface area (Å²) in [6.45, 7) is 0. The van der Waals surface area contributed by atoms with Gasteiger partial charge in [-0.2, -0.15) is 0 Å². The Labute approximate surface area is 193 Å². The van der Waals surface area contributed by atoms with E-state index in [0.717, 1.165) is 16.7 Å². The van der Waals surface area contributed by atoms with Crippen molar-refractivity contribution in [1.29, 1.82) is 0 Å². The van der Waals surface area contributed by atoms with Crippen molar-refractivity contribution in [3.05, 3.63) is 108 Å². The monoisotopic (exact) mass is 434 g/mol. The van der Waals surface area contributed by atoms with Gasteiger partial charge in [-0.15, -0.1) is 0 Å². The highest BCUT2D eigenvalue weighted by Crippen LogP contribution is 2.32. The fraction of sp³-hybridized carbons (Fsp3) is 0.231. The molecule has 170 valence electrons. The summed E-state index contributed by atoms with van der Waals surface area (Å²) in [4.78, 5) is 2.83. The van der Waals surface area contributed by atoms with Gasteiger partial charge in [0.05, 0.1) is 42.3 Å². The number of benzene rings is 3. The lowest BCUT2D eigenvalue weighted by molar-refractivity contribution is -0.836. The zero-order chi connectivity index (χ0) is 23.9. The Morgan fingerprint density at radius 1 is 0.562 bits per heavy atom. The molecule has 0 saturated carbocycles. The van der Waals surface area contributed by atoms with E-state index in [1.54, 1.807) is 0 Å². The molecule has 0 unspecified atom stereocenters. The Morgan fingerprint density at radius 2 is 0.844 bits per heavy atom. The minimum atomic E-state index is -2.40. The zero-order valence-electron chi connectivity index (χ0n) is 20.0. The molecule has 0 aliphatic carbocycles. The Bertz CT molecular complexity index is 847. The predicted molar refractivity (Wildman–Crippen MR) is 130 cm³/mol. The first kappa shape index (κ1) is 27.1. The molecule has 3 aromatic rings. The van der Waals surface area contributed by atoms with Crippen LogP contribution in [0.1, 0.15) is 16.7 Å². The Hall–Kier alpha value is -2.90. The summed E-state index contributed by atoms with van der Waals surface area (Å²) >= 11 is 0. The second kappa shape index (κ2) is 15.0. The summed E-state index contributed by atoms with van der Waals surface area (Å²) < 4.78 is 5.18. The normalized spacial score (nSPS) is 9.81. The van der Waals surface area contributed by atoms with Gasteiger partial charge >= 0.3 is 0 Å². The third-order valence-electron chi connectivity index (χ3n) is 3.60. The van der Waals surface area contributed by atoms with E-state index in [0.29, 0.717) is 11.3 Å². The summed E-state index contributed by atoms with van der Waals surface area (Å²) in [6, 6.07) is 28.4. The molecule has 2 N–H and O–H groups in total. The minimum absolute atomic E-state index is 0.294. The highest BCUT2D eigenvalue weighted by molar-refractivity contribution is 6.30. The molecule has 3 rings (SSSR count). The average molecular weight is 434 g/mol. The van der Waals surface area contributed by atoms with Crippen LogP contribution < -0.4 is 19.8 Å². The lowest BCUT2D eigenvalue weighted by Gasteiger charge is -2.30. The first-order valence-electron chi connectivity index (χ1n) is 10.6. The molecule has 0 heterocycles. The standard InChI is InChI=1S/C20H15BO3.2C3H9N/c22-21(23)24-20(18-14-8-3-9-15-18)19(16-10-4-1-5-11-16)17-12-6-2-7-13-17;2*1-4(2)3/h1-15H;2*1-3H3/q-2;;/p+2. The smallest absolute Gasteiger partial charge is 0.133 e. The van der Waals surface area contributed by atoms with Crippen LogP contribution in [0, 0.1) is 0 Å². The van der Waals surface area contributed by atoms with Crippen LogP contribution in [-0.2, 0) is 4.65 Å². The molecule has 0 radical (unpaired) electrons. The van der Waals surface area contributed by atoms with Crippen LogP contribution in [-0.4, -0.2) is 49.6 Å². The molecule has 6 heteroatoms. The van der Waals surface area contributed by atoms with E-state index in [1.165, 1.54) is 9.80 Å². The maximum Gasteiger partial charge on any atom is 0.133 e. The van der Waals surface area contributed by atoms with Crippen LogP contribution in [0.25, 0.3) is 11.3 Å². The van der Waals surface area contributed by atoms with Gasteiger partial charge in [-0.05, 0) is 11.1 Å². The molecule has 5 nitrogen and oxygen atoms in total. The van der Waals surface area contributed by atoms with Crippen molar-refractivity contribution in [1.82, 2.24) is 0 Å². The second-order valence-electron chi connectivity index (χ2n) is 8.21. The maximum absolute atomic E-state index is 11.3. The van der Waals surface area contributed by atoms with Crippen molar-refractivity contribution >= 4 is 18.7 Å². The van der Waals surface area contributed by atoms with Gasteiger partial charge < -0.3 is 24.5 Å². The third-order valence-corrected chi connectivity index (χ3v) is 3.60. The maximum atomic E-state index is 11.3. The molecule has 0 saturated heterocycles. The quantitative estimate of drug-likeness (QED) is 0.334. The van der Waals surface area contributed by atoms with Gasteiger partial charge in [0.1, 0.15) is 13.1 Å². The number of hydrogen-bond donors (Lipinski definition) is 2. The van der Waals surface area contributed by atoms with E-state index in [1.807, 2.05) is 91.0 Å². The van der Waals surface area contributed by atoms with E-state index >= 15 is 0 Å². The van der Waals surface area contributed by atoms with E-state index in [4.69, 9.17) is 4.65 Å². The molecule has 0 atom stereocenters. The van der Waals surface area contributed by atoms with E-state index in [9.17, 15) is 10.0 Å². The fourth-order valence-corrected chi connectivity index (χ4v) is 2.60. The highest BCUT2D eigenvalue weighted by Gasteiger charge is 2.14. The topological polar surface area (TPSA) is 64.2 Å². The second-order valence-corrected chi connectivity index (χ2v) is 8.21. The van der Waals surface area contributed by atoms with Crippen LogP contribution in [0.3, 0.4) is 0 Å². The van der Waals surface area contributed by atoms with Crippen molar-refractivity contribution in [2.24, 2.45) is 0 Å². The molecule has 0 amide bonds. The summed E-state index contributed by atoms with van der Waals surface area (Å²) in [5, 5.41) is 22.5. The van der Waals surface area contributed by atoms with Crippen LogP contribution in [0.2, 0.25) is 0 Å². The summed E-state index contributed by atoms with van der Waals surface area (Å²) in [5.41, 5.74) is 3.17. The average Bonchev–Trinajstić information content (AvgIpc) is 2.74.